The number of benzene rings is 1. The number of imidazole rings is 1. The number of carbonyl (C=O) groups is 1. The molecule has 0 bridgehead atoms. The Labute approximate surface area is 118 Å². The summed E-state index contributed by atoms with van der Waals surface area (Å²) < 4.78 is 2.62. The van der Waals surface area contributed by atoms with Crippen LogP contribution in [0.4, 0.5) is 0 Å². The number of carbonyl (C=O) groups excluding carboxylic acids is 1. The largest absolute Gasteiger partial charge is 0.350 e. The molecule has 2 aromatic rings. The first-order valence-electron chi connectivity index (χ1n) is 5.36. The van der Waals surface area contributed by atoms with Crippen molar-refractivity contribution < 1.29 is 4.79 Å². The van der Waals surface area contributed by atoms with E-state index >= 15 is 0 Å². The Bertz CT molecular complexity index is 542. The quantitative estimate of drug-likeness (QED) is 0.938. The van der Waals surface area contributed by atoms with E-state index in [9.17, 15) is 4.79 Å². The van der Waals surface area contributed by atoms with Crippen molar-refractivity contribution in [2.45, 2.75) is 6.54 Å². The predicted octanol–water partition coefficient (Wildman–Crippen LogP) is 2.73. The van der Waals surface area contributed by atoms with Crippen molar-refractivity contribution in [3.8, 4) is 0 Å². The first-order valence-corrected chi connectivity index (χ1v) is 6.53. The third-order valence-corrected chi connectivity index (χ3v) is 3.61. The van der Waals surface area contributed by atoms with Crippen LogP contribution in [0.15, 0.2) is 41.4 Å². The minimum atomic E-state index is -0.118. The highest BCUT2D eigenvalue weighted by Crippen LogP contribution is 2.23. The molecule has 0 spiro atoms. The van der Waals surface area contributed by atoms with Gasteiger partial charge in [0.15, 0.2) is 0 Å². The van der Waals surface area contributed by atoms with E-state index in [1.807, 2.05) is 10.8 Å². The highest BCUT2D eigenvalue weighted by Gasteiger charge is 2.06. The maximum Gasteiger partial charge on any atom is 0.251 e. The lowest BCUT2D eigenvalue weighted by molar-refractivity contribution is 0.0952. The summed E-state index contributed by atoms with van der Waals surface area (Å²) in [5.74, 6) is -0.118. The second-order valence-corrected chi connectivity index (χ2v) is 4.95. The summed E-state index contributed by atoms with van der Waals surface area (Å²) in [6.45, 7) is 1.25. The number of amides is 1. The average molecular weight is 329 g/mol. The fraction of sp³-hybridized carbons (Fsp3) is 0.167. The highest BCUT2D eigenvalue weighted by molar-refractivity contribution is 9.10. The SMILES string of the molecule is O=C(NCCn1ccnc1)c1ccc(Cl)c(Br)c1. The summed E-state index contributed by atoms with van der Waals surface area (Å²) in [5, 5.41) is 3.42. The zero-order chi connectivity index (χ0) is 13.0. The Morgan fingerprint density at radius 2 is 2.33 bits per heavy atom. The molecule has 0 fully saturated rings. The van der Waals surface area contributed by atoms with E-state index in [0.717, 1.165) is 0 Å². The number of nitrogens with zero attached hydrogens (tertiary/aromatic N) is 2. The van der Waals surface area contributed by atoms with Crippen molar-refractivity contribution >= 4 is 33.4 Å². The lowest BCUT2D eigenvalue weighted by Crippen LogP contribution is -2.26. The van der Waals surface area contributed by atoms with Crippen molar-refractivity contribution in [2.24, 2.45) is 0 Å². The third kappa shape index (κ3) is 3.34. The van der Waals surface area contributed by atoms with E-state index in [0.29, 0.717) is 28.1 Å². The number of halogens is 2. The van der Waals surface area contributed by atoms with Crippen LogP contribution >= 0.6 is 27.5 Å². The van der Waals surface area contributed by atoms with Crippen LogP contribution in [0.1, 0.15) is 10.4 Å². The Morgan fingerprint density at radius 1 is 1.50 bits per heavy atom. The number of hydrogen-bond donors (Lipinski definition) is 1. The van der Waals surface area contributed by atoms with Gasteiger partial charge >= 0.3 is 0 Å². The van der Waals surface area contributed by atoms with E-state index in [-0.39, 0.29) is 5.91 Å². The second kappa shape index (κ2) is 6.02. The Balaban J connectivity index is 1.89. The monoisotopic (exact) mass is 327 g/mol. The van der Waals surface area contributed by atoms with Gasteiger partial charge in [-0.3, -0.25) is 4.79 Å². The van der Waals surface area contributed by atoms with E-state index in [1.165, 1.54) is 0 Å². The maximum atomic E-state index is 11.8. The molecule has 0 aliphatic rings. The van der Waals surface area contributed by atoms with E-state index in [1.54, 1.807) is 30.7 Å². The van der Waals surface area contributed by atoms with Gasteiger partial charge in [-0.25, -0.2) is 4.98 Å². The van der Waals surface area contributed by atoms with Gasteiger partial charge in [0, 0.05) is 35.5 Å². The first kappa shape index (κ1) is 13.1. The van der Waals surface area contributed by atoms with E-state index in [4.69, 9.17) is 11.6 Å². The number of hydrogen-bond acceptors (Lipinski definition) is 2. The second-order valence-electron chi connectivity index (χ2n) is 3.69. The highest BCUT2D eigenvalue weighted by atomic mass is 79.9. The van der Waals surface area contributed by atoms with Gasteiger partial charge in [-0.05, 0) is 34.1 Å². The lowest BCUT2D eigenvalue weighted by Gasteiger charge is -2.06. The molecule has 1 N–H and O–H groups in total. The fourth-order valence-electron chi connectivity index (χ4n) is 1.46. The molecular weight excluding hydrogens is 318 g/mol. The van der Waals surface area contributed by atoms with Crippen LogP contribution in [0.25, 0.3) is 0 Å². The normalized spacial score (nSPS) is 10.3. The molecule has 1 heterocycles. The first-order chi connectivity index (χ1) is 8.66. The molecule has 0 radical (unpaired) electrons. The maximum absolute atomic E-state index is 11.8. The standard InChI is InChI=1S/C12H11BrClN3O/c13-10-7-9(1-2-11(10)14)12(18)16-4-6-17-5-3-15-8-17/h1-3,5,7-8H,4,6H2,(H,16,18). The molecule has 0 unspecified atom stereocenters. The predicted molar refractivity (Wildman–Crippen MR) is 73.7 cm³/mol. The molecule has 1 amide bonds. The van der Waals surface area contributed by atoms with Gasteiger partial charge in [0.05, 0.1) is 11.3 Å². The minimum Gasteiger partial charge on any atom is -0.350 e. The van der Waals surface area contributed by atoms with E-state index in [2.05, 4.69) is 26.2 Å². The molecule has 18 heavy (non-hydrogen) atoms. The van der Waals surface area contributed by atoms with Crippen LogP contribution < -0.4 is 5.32 Å². The average Bonchev–Trinajstić information content (AvgIpc) is 2.85. The zero-order valence-corrected chi connectivity index (χ0v) is 11.8. The van der Waals surface area contributed by atoms with Crippen LogP contribution in [0, 0.1) is 0 Å². The van der Waals surface area contributed by atoms with Crippen molar-refractivity contribution in [3.63, 3.8) is 0 Å². The molecular formula is C12H11BrClN3O. The smallest absolute Gasteiger partial charge is 0.251 e. The van der Waals surface area contributed by atoms with E-state index < -0.39 is 0 Å². The fourth-order valence-corrected chi connectivity index (χ4v) is 1.95. The van der Waals surface area contributed by atoms with Gasteiger partial charge in [0.25, 0.3) is 5.91 Å². The molecule has 94 valence electrons. The van der Waals surface area contributed by atoms with Crippen molar-refractivity contribution in [2.75, 3.05) is 6.54 Å². The molecule has 0 saturated carbocycles. The summed E-state index contributed by atoms with van der Waals surface area (Å²) in [4.78, 5) is 15.8. The third-order valence-electron chi connectivity index (χ3n) is 2.40. The summed E-state index contributed by atoms with van der Waals surface area (Å²) >= 11 is 9.16. The molecule has 2 rings (SSSR count). The molecule has 0 atom stereocenters. The van der Waals surface area contributed by atoms with Gasteiger partial charge in [-0.1, -0.05) is 11.6 Å². The summed E-state index contributed by atoms with van der Waals surface area (Å²) in [6, 6.07) is 5.09. The molecule has 1 aromatic heterocycles. The van der Waals surface area contributed by atoms with Gasteiger partial charge in [-0.2, -0.15) is 0 Å². The molecule has 0 aliphatic carbocycles. The topological polar surface area (TPSA) is 46.9 Å². The van der Waals surface area contributed by atoms with Crippen LogP contribution in [0.3, 0.4) is 0 Å². The molecule has 0 aliphatic heterocycles. The molecule has 6 heteroatoms. The van der Waals surface area contributed by atoms with Crippen molar-refractivity contribution in [3.05, 3.63) is 52.0 Å². The zero-order valence-electron chi connectivity index (χ0n) is 9.44. The number of rotatable bonds is 4. The molecule has 1 aromatic carbocycles. The summed E-state index contributed by atoms with van der Waals surface area (Å²) in [6.07, 6.45) is 5.27. The van der Waals surface area contributed by atoms with Crippen LogP contribution in [-0.2, 0) is 6.54 Å². The lowest BCUT2D eigenvalue weighted by atomic mass is 10.2. The Hall–Kier alpha value is -1.33. The van der Waals surface area contributed by atoms with Crippen molar-refractivity contribution in [1.82, 2.24) is 14.9 Å². The van der Waals surface area contributed by atoms with Gasteiger partial charge < -0.3 is 9.88 Å². The molecule has 4 nitrogen and oxygen atoms in total. The minimum absolute atomic E-state index is 0.118. The van der Waals surface area contributed by atoms with Gasteiger partial charge in [0.1, 0.15) is 0 Å². The number of nitrogens with one attached hydrogen (secondary N) is 1. The van der Waals surface area contributed by atoms with Crippen LogP contribution in [0.2, 0.25) is 5.02 Å². The molecule has 0 saturated heterocycles. The van der Waals surface area contributed by atoms with Crippen molar-refractivity contribution in [1.29, 1.82) is 0 Å². The van der Waals surface area contributed by atoms with Crippen LogP contribution in [-0.4, -0.2) is 22.0 Å². The summed E-state index contributed by atoms with van der Waals surface area (Å²) in [5.41, 5.74) is 0.580. The van der Waals surface area contributed by atoms with Crippen LogP contribution in [0.5, 0.6) is 0 Å². The number of aromatic nitrogens is 2. The summed E-state index contributed by atoms with van der Waals surface area (Å²) in [7, 11) is 0. The Kier molecular flexibility index (Phi) is 4.38. The Morgan fingerprint density at radius 3 is 3.00 bits per heavy atom. The van der Waals surface area contributed by atoms with Gasteiger partial charge in [-0.15, -0.1) is 0 Å². The van der Waals surface area contributed by atoms with Gasteiger partial charge in [0.2, 0.25) is 0 Å².